The van der Waals surface area contributed by atoms with Crippen molar-refractivity contribution in [3.8, 4) is 5.75 Å². The van der Waals surface area contributed by atoms with Crippen molar-refractivity contribution < 1.29 is 9.53 Å². The Kier molecular flexibility index (Phi) is 6.95. The van der Waals surface area contributed by atoms with Gasteiger partial charge in [0.1, 0.15) is 12.4 Å². The number of anilines is 2. The molecule has 7 heteroatoms. The number of amides is 1. The van der Waals surface area contributed by atoms with Gasteiger partial charge in [-0.2, -0.15) is 0 Å². The van der Waals surface area contributed by atoms with E-state index in [0.717, 1.165) is 24.5 Å². The summed E-state index contributed by atoms with van der Waals surface area (Å²) in [4.78, 5) is 19.6. The Labute approximate surface area is 192 Å². The molecule has 3 aromatic rings. The van der Waals surface area contributed by atoms with Crippen LogP contribution >= 0.6 is 23.2 Å². The van der Waals surface area contributed by atoms with Gasteiger partial charge in [-0.1, -0.05) is 35.3 Å². The number of ether oxygens (including phenoxy) is 1. The molecule has 31 heavy (non-hydrogen) atoms. The highest BCUT2D eigenvalue weighted by atomic mass is 35.5. The van der Waals surface area contributed by atoms with E-state index in [-0.39, 0.29) is 12.5 Å². The van der Waals surface area contributed by atoms with E-state index in [1.165, 1.54) is 19.3 Å². The molecular formula is C24H23Cl2N3O2. The molecule has 2 heterocycles. The van der Waals surface area contributed by atoms with Crippen LogP contribution in [0.3, 0.4) is 0 Å². The summed E-state index contributed by atoms with van der Waals surface area (Å²) in [5, 5.41) is 4.05. The number of pyridine rings is 1. The summed E-state index contributed by atoms with van der Waals surface area (Å²) in [7, 11) is 0. The summed E-state index contributed by atoms with van der Waals surface area (Å²) in [6, 6.07) is 14.7. The highest BCUT2D eigenvalue weighted by Gasteiger charge is 2.18. The predicted molar refractivity (Wildman–Crippen MR) is 125 cm³/mol. The lowest BCUT2D eigenvalue weighted by atomic mass is 10.1. The molecule has 0 spiro atoms. The number of nitrogens with one attached hydrogen (secondary N) is 1. The summed E-state index contributed by atoms with van der Waals surface area (Å²) >= 11 is 12.2. The molecule has 1 N–H and O–H groups in total. The minimum atomic E-state index is -0.228. The second-order valence-corrected chi connectivity index (χ2v) is 8.26. The van der Waals surface area contributed by atoms with Crippen LogP contribution in [0.1, 0.15) is 35.2 Å². The number of aromatic nitrogens is 1. The zero-order valence-corrected chi connectivity index (χ0v) is 18.5. The number of halogens is 2. The van der Waals surface area contributed by atoms with Gasteiger partial charge in [-0.3, -0.25) is 9.78 Å². The molecule has 0 radical (unpaired) electrons. The maximum absolute atomic E-state index is 13.1. The van der Waals surface area contributed by atoms with E-state index in [9.17, 15) is 4.79 Å². The molecule has 160 valence electrons. The number of carbonyl (C=O) groups is 1. The number of hydrogen-bond donors (Lipinski definition) is 1. The normalized spacial score (nSPS) is 13.7. The Morgan fingerprint density at radius 3 is 2.71 bits per heavy atom. The average Bonchev–Trinajstić information content (AvgIpc) is 2.81. The molecule has 1 aliphatic heterocycles. The van der Waals surface area contributed by atoms with Crippen molar-refractivity contribution in [3.05, 3.63) is 82.1 Å². The third-order valence-corrected chi connectivity index (χ3v) is 5.83. The van der Waals surface area contributed by atoms with E-state index in [1.54, 1.807) is 36.7 Å². The SMILES string of the molecule is O=C(Nc1ccccc1N1CCCCC1)c1cnccc1COc1cc(Cl)ccc1Cl. The summed E-state index contributed by atoms with van der Waals surface area (Å²) < 4.78 is 5.83. The van der Waals surface area contributed by atoms with Crippen LogP contribution in [-0.4, -0.2) is 24.0 Å². The van der Waals surface area contributed by atoms with Crippen LogP contribution in [0.4, 0.5) is 11.4 Å². The number of rotatable bonds is 6. The maximum Gasteiger partial charge on any atom is 0.257 e. The van der Waals surface area contributed by atoms with Crippen LogP contribution in [0.5, 0.6) is 5.75 Å². The molecule has 1 saturated heterocycles. The van der Waals surface area contributed by atoms with Gasteiger partial charge >= 0.3 is 0 Å². The Bertz CT molecular complexity index is 1070. The van der Waals surface area contributed by atoms with Crippen molar-refractivity contribution in [2.75, 3.05) is 23.3 Å². The van der Waals surface area contributed by atoms with Crippen LogP contribution in [0.2, 0.25) is 10.0 Å². The maximum atomic E-state index is 13.1. The fourth-order valence-corrected chi connectivity index (χ4v) is 4.01. The Morgan fingerprint density at radius 1 is 1.06 bits per heavy atom. The van der Waals surface area contributed by atoms with Crippen LogP contribution in [-0.2, 0) is 6.61 Å². The van der Waals surface area contributed by atoms with Gasteiger partial charge < -0.3 is 15.0 Å². The monoisotopic (exact) mass is 455 g/mol. The molecule has 0 saturated carbocycles. The minimum absolute atomic E-state index is 0.166. The minimum Gasteiger partial charge on any atom is -0.487 e. The highest BCUT2D eigenvalue weighted by molar-refractivity contribution is 6.34. The van der Waals surface area contributed by atoms with E-state index in [0.29, 0.717) is 26.9 Å². The number of hydrogen-bond acceptors (Lipinski definition) is 4. The number of nitrogens with zero attached hydrogens (tertiary/aromatic N) is 2. The summed E-state index contributed by atoms with van der Waals surface area (Å²) in [6.45, 7) is 2.16. The number of carbonyl (C=O) groups excluding carboxylic acids is 1. The first kappa shape index (κ1) is 21.5. The Hall–Kier alpha value is -2.76. The number of benzene rings is 2. The molecule has 2 aromatic carbocycles. The number of para-hydroxylation sites is 2. The Morgan fingerprint density at radius 2 is 1.87 bits per heavy atom. The van der Waals surface area contributed by atoms with E-state index in [2.05, 4.69) is 21.3 Å². The largest absolute Gasteiger partial charge is 0.487 e. The standard InChI is InChI=1S/C24H23Cl2N3O2/c25-18-8-9-20(26)23(14-18)31-16-17-10-11-27-15-19(17)24(30)28-21-6-2-3-7-22(21)29-12-4-1-5-13-29/h2-3,6-11,14-15H,1,4-5,12-13,16H2,(H,28,30). The molecule has 5 nitrogen and oxygen atoms in total. The lowest BCUT2D eigenvalue weighted by Crippen LogP contribution is -2.30. The van der Waals surface area contributed by atoms with Crippen LogP contribution in [0.15, 0.2) is 60.9 Å². The zero-order chi connectivity index (χ0) is 21.6. The second kappa shape index (κ2) is 10.0. The highest BCUT2D eigenvalue weighted by Crippen LogP contribution is 2.30. The fraction of sp³-hybridized carbons (Fsp3) is 0.250. The summed E-state index contributed by atoms with van der Waals surface area (Å²) in [5.41, 5.74) is 3.00. The second-order valence-electron chi connectivity index (χ2n) is 7.42. The van der Waals surface area contributed by atoms with Crippen molar-refractivity contribution in [1.82, 2.24) is 4.98 Å². The molecule has 1 fully saturated rings. The molecule has 0 bridgehead atoms. The van der Waals surface area contributed by atoms with Gasteiger partial charge in [0.25, 0.3) is 5.91 Å². The molecule has 4 rings (SSSR count). The predicted octanol–water partition coefficient (Wildman–Crippen LogP) is 6.21. The molecule has 0 aliphatic carbocycles. The van der Waals surface area contributed by atoms with E-state index in [4.69, 9.17) is 27.9 Å². The zero-order valence-electron chi connectivity index (χ0n) is 17.0. The summed E-state index contributed by atoms with van der Waals surface area (Å²) in [5.74, 6) is 0.237. The Balaban J connectivity index is 1.52. The smallest absolute Gasteiger partial charge is 0.257 e. The first-order valence-corrected chi connectivity index (χ1v) is 11.0. The van der Waals surface area contributed by atoms with Crippen molar-refractivity contribution >= 4 is 40.5 Å². The van der Waals surface area contributed by atoms with Gasteiger partial charge in [0.2, 0.25) is 0 Å². The van der Waals surface area contributed by atoms with E-state index >= 15 is 0 Å². The fourth-order valence-electron chi connectivity index (χ4n) is 3.68. The molecule has 1 aromatic heterocycles. The number of piperidine rings is 1. The van der Waals surface area contributed by atoms with Gasteiger partial charge in [-0.25, -0.2) is 0 Å². The van der Waals surface area contributed by atoms with Gasteiger partial charge in [-0.05, 0) is 49.6 Å². The third-order valence-electron chi connectivity index (χ3n) is 5.28. The molecule has 0 atom stereocenters. The third kappa shape index (κ3) is 5.30. The van der Waals surface area contributed by atoms with Gasteiger partial charge in [0, 0.05) is 42.1 Å². The van der Waals surface area contributed by atoms with Crippen LogP contribution < -0.4 is 15.0 Å². The average molecular weight is 456 g/mol. The topological polar surface area (TPSA) is 54.5 Å². The first-order valence-electron chi connectivity index (χ1n) is 10.3. The molecule has 1 aliphatic rings. The van der Waals surface area contributed by atoms with Gasteiger partial charge in [0.05, 0.1) is 22.0 Å². The summed E-state index contributed by atoms with van der Waals surface area (Å²) in [6.07, 6.45) is 6.77. The van der Waals surface area contributed by atoms with Crippen molar-refractivity contribution in [2.45, 2.75) is 25.9 Å². The first-order chi connectivity index (χ1) is 15.1. The van der Waals surface area contributed by atoms with Crippen molar-refractivity contribution in [1.29, 1.82) is 0 Å². The van der Waals surface area contributed by atoms with Gasteiger partial charge in [0.15, 0.2) is 0 Å². The molecule has 0 unspecified atom stereocenters. The van der Waals surface area contributed by atoms with Crippen LogP contribution in [0.25, 0.3) is 0 Å². The van der Waals surface area contributed by atoms with Crippen molar-refractivity contribution in [3.63, 3.8) is 0 Å². The molecular weight excluding hydrogens is 433 g/mol. The lowest BCUT2D eigenvalue weighted by Gasteiger charge is -2.30. The molecule has 1 amide bonds. The quantitative estimate of drug-likeness (QED) is 0.479. The van der Waals surface area contributed by atoms with Crippen molar-refractivity contribution in [2.24, 2.45) is 0 Å². The van der Waals surface area contributed by atoms with Gasteiger partial charge in [-0.15, -0.1) is 0 Å². The van der Waals surface area contributed by atoms with E-state index in [1.807, 2.05) is 18.2 Å². The van der Waals surface area contributed by atoms with E-state index < -0.39 is 0 Å². The van der Waals surface area contributed by atoms with Crippen LogP contribution in [0, 0.1) is 0 Å². The lowest BCUT2D eigenvalue weighted by molar-refractivity contribution is 0.102.